The zero-order valence-corrected chi connectivity index (χ0v) is 11.7. The van der Waals surface area contributed by atoms with Crippen molar-refractivity contribution in [2.24, 2.45) is 0 Å². The maximum Gasteiger partial charge on any atom is 0.360 e. The monoisotopic (exact) mass is 274 g/mol. The van der Waals surface area contributed by atoms with E-state index in [-0.39, 0.29) is 5.69 Å². The molecule has 0 spiro atoms. The fourth-order valence-corrected chi connectivity index (χ4v) is 1.99. The van der Waals surface area contributed by atoms with Gasteiger partial charge < -0.3 is 15.0 Å². The highest BCUT2D eigenvalue weighted by Gasteiger charge is 2.19. The zero-order chi connectivity index (χ0) is 14.5. The Morgan fingerprint density at radius 3 is 2.90 bits per heavy atom. The van der Waals surface area contributed by atoms with E-state index in [1.54, 1.807) is 17.7 Å². The number of carbonyl (C=O) groups excluding carboxylic acids is 1. The van der Waals surface area contributed by atoms with Crippen LogP contribution < -0.4 is 5.73 Å². The predicted molar refractivity (Wildman–Crippen MR) is 75.3 cm³/mol. The molecule has 0 amide bonds. The van der Waals surface area contributed by atoms with E-state index in [2.05, 4.69) is 9.97 Å². The molecular formula is C14H18N4O2. The van der Waals surface area contributed by atoms with Crippen molar-refractivity contribution in [3.63, 3.8) is 0 Å². The molecule has 0 unspecified atom stereocenters. The molecule has 0 fully saturated rings. The third kappa shape index (κ3) is 2.96. The number of esters is 1. The summed E-state index contributed by atoms with van der Waals surface area (Å²) in [5.74, 6) is 0.558. The van der Waals surface area contributed by atoms with Gasteiger partial charge in [-0.05, 0) is 26.0 Å². The molecule has 6 heteroatoms. The number of aryl methyl sites for hydroxylation is 2. The van der Waals surface area contributed by atoms with Gasteiger partial charge in [0.1, 0.15) is 11.6 Å². The third-order valence-corrected chi connectivity index (χ3v) is 2.98. The Labute approximate surface area is 117 Å². The molecule has 0 aliphatic carbocycles. The fourth-order valence-electron chi connectivity index (χ4n) is 1.99. The Morgan fingerprint density at radius 1 is 1.45 bits per heavy atom. The van der Waals surface area contributed by atoms with Crippen molar-refractivity contribution in [1.29, 1.82) is 0 Å². The van der Waals surface area contributed by atoms with Crippen LogP contribution in [0.2, 0.25) is 0 Å². The van der Waals surface area contributed by atoms with Gasteiger partial charge in [-0.25, -0.2) is 9.78 Å². The number of nitrogen functional groups attached to an aromatic ring is 1. The Bertz CT molecular complexity index is 593. The second-order valence-corrected chi connectivity index (χ2v) is 4.34. The van der Waals surface area contributed by atoms with Crippen LogP contribution in [0.5, 0.6) is 0 Å². The number of imidazole rings is 1. The number of hydrogen-bond acceptors (Lipinski definition) is 5. The predicted octanol–water partition coefficient (Wildman–Crippen LogP) is 1.59. The van der Waals surface area contributed by atoms with Crippen LogP contribution in [-0.4, -0.2) is 27.1 Å². The Hall–Kier alpha value is -2.37. The largest absolute Gasteiger partial charge is 0.461 e. The van der Waals surface area contributed by atoms with Gasteiger partial charge in [0.05, 0.1) is 6.61 Å². The average Bonchev–Trinajstić information content (AvgIpc) is 2.73. The van der Waals surface area contributed by atoms with E-state index in [0.717, 1.165) is 12.1 Å². The highest BCUT2D eigenvalue weighted by atomic mass is 16.5. The zero-order valence-electron chi connectivity index (χ0n) is 11.7. The van der Waals surface area contributed by atoms with E-state index in [0.29, 0.717) is 24.8 Å². The lowest BCUT2D eigenvalue weighted by atomic mass is 10.2. The molecule has 2 N–H and O–H groups in total. The molecule has 0 aliphatic rings. The quantitative estimate of drug-likeness (QED) is 0.837. The molecule has 0 saturated heterocycles. The molecule has 2 rings (SSSR count). The molecule has 0 bridgehead atoms. The van der Waals surface area contributed by atoms with Gasteiger partial charge in [-0.15, -0.1) is 0 Å². The van der Waals surface area contributed by atoms with Gasteiger partial charge in [-0.2, -0.15) is 0 Å². The molecule has 2 aromatic heterocycles. The Kier molecular flexibility index (Phi) is 4.34. The first kappa shape index (κ1) is 14.0. The van der Waals surface area contributed by atoms with Crippen molar-refractivity contribution in [2.75, 3.05) is 12.3 Å². The maximum absolute atomic E-state index is 11.7. The molecule has 106 valence electrons. The minimum Gasteiger partial charge on any atom is -0.461 e. The summed E-state index contributed by atoms with van der Waals surface area (Å²) in [5, 5.41) is 0. The summed E-state index contributed by atoms with van der Waals surface area (Å²) in [5.41, 5.74) is 7.13. The maximum atomic E-state index is 11.7. The van der Waals surface area contributed by atoms with E-state index in [4.69, 9.17) is 10.5 Å². The molecule has 20 heavy (non-hydrogen) atoms. The molecule has 0 aromatic carbocycles. The lowest BCUT2D eigenvalue weighted by Crippen LogP contribution is -2.11. The summed E-state index contributed by atoms with van der Waals surface area (Å²) < 4.78 is 6.74. The van der Waals surface area contributed by atoms with Crippen LogP contribution in [0.3, 0.4) is 0 Å². The number of carbonyl (C=O) groups is 1. The summed E-state index contributed by atoms with van der Waals surface area (Å²) in [6.45, 7) is 4.50. The van der Waals surface area contributed by atoms with Crippen molar-refractivity contribution >= 4 is 11.8 Å². The topological polar surface area (TPSA) is 83.0 Å². The van der Waals surface area contributed by atoms with E-state index in [9.17, 15) is 4.79 Å². The Morgan fingerprint density at radius 2 is 2.25 bits per heavy atom. The molecule has 6 nitrogen and oxygen atoms in total. The number of aromatic nitrogens is 3. The third-order valence-electron chi connectivity index (χ3n) is 2.98. The van der Waals surface area contributed by atoms with Crippen molar-refractivity contribution in [1.82, 2.24) is 14.5 Å². The number of nitrogens with two attached hydrogens (primary N) is 1. The first-order valence-electron chi connectivity index (χ1n) is 6.53. The molecule has 0 radical (unpaired) electrons. The normalized spacial score (nSPS) is 10.5. The second-order valence-electron chi connectivity index (χ2n) is 4.34. The second kappa shape index (κ2) is 6.18. The number of ether oxygens (including phenoxy) is 1. The van der Waals surface area contributed by atoms with E-state index < -0.39 is 5.97 Å². The van der Waals surface area contributed by atoms with Gasteiger partial charge in [-0.1, -0.05) is 6.07 Å². The number of anilines is 1. The first-order valence-corrected chi connectivity index (χ1v) is 6.53. The summed E-state index contributed by atoms with van der Waals surface area (Å²) >= 11 is 0. The lowest BCUT2D eigenvalue weighted by Gasteiger charge is -2.07. The van der Waals surface area contributed by atoms with Gasteiger partial charge in [0.15, 0.2) is 5.69 Å². The summed E-state index contributed by atoms with van der Waals surface area (Å²) in [6, 6.07) is 5.77. The van der Waals surface area contributed by atoms with Crippen LogP contribution in [0.25, 0.3) is 0 Å². The number of hydrogen-bond donors (Lipinski definition) is 1. The van der Waals surface area contributed by atoms with Gasteiger partial charge in [0, 0.05) is 24.9 Å². The van der Waals surface area contributed by atoms with Crippen LogP contribution in [0.15, 0.2) is 24.4 Å². The number of pyridine rings is 1. The van der Waals surface area contributed by atoms with Crippen LogP contribution in [0.1, 0.15) is 28.9 Å². The van der Waals surface area contributed by atoms with E-state index in [1.165, 1.54) is 0 Å². The molecule has 2 heterocycles. The summed E-state index contributed by atoms with van der Waals surface area (Å²) in [4.78, 5) is 20.2. The summed E-state index contributed by atoms with van der Waals surface area (Å²) in [6.07, 6.45) is 2.48. The highest BCUT2D eigenvalue weighted by Crippen LogP contribution is 2.16. The van der Waals surface area contributed by atoms with Crippen molar-refractivity contribution < 1.29 is 9.53 Å². The van der Waals surface area contributed by atoms with Crippen LogP contribution in [0, 0.1) is 6.92 Å². The number of rotatable bonds is 5. The molecule has 0 saturated carbocycles. The van der Waals surface area contributed by atoms with Crippen molar-refractivity contribution in [2.45, 2.75) is 26.8 Å². The van der Waals surface area contributed by atoms with Gasteiger partial charge >= 0.3 is 5.97 Å². The van der Waals surface area contributed by atoms with Crippen molar-refractivity contribution in [3.8, 4) is 0 Å². The fraction of sp³-hybridized carbons (Fsp3) is 0.357. The van der Waals surface area contributed by atoms with Gasteiger partial charge in [0.25, 0.3) is 0 Å². The van der Waals surface area contributed by atoms with Crippen LogP contribution in [0.4, 0.5) is 5.82 Å². The summed E-state index contributed by atoms with van der Waals surface area (Å²) in [7, 11) is 0. The minimum absolute atomic E-state index is 0.186. The lowest BCUT2D eigenvalue weighted by molar-refractivity contribution is 0.0521. The van der Waals surface area contributed by atoms with Crippen LogP contribution >= 0.6 is 0 Å². The molecule has 0 atom stereocenters. The highest BCUT2D eigenvalue weighted by molar-refractivity contribution is 5.92. The molecule has 0 aliphatic heterocycles. The minimum atomic E-state index is -0.482. The van der Waals surface area contributed by atoms with Gasteiger partial charge in [0.2, 0.25) is 0 Å². The van der Waals surface area contributed by atoms with Crippen LogP contribution in [-0.2, 0) is 17.7 Å². The Balaban J connectivity index is 2.14. The molecular weight excluding hydrogens is 256 g/mol. The average molecular weight is 274 g/mol. The van der Waals surface area contributed by atoms with E-state index in [1.807, 2.05) is 25.1 Å². The standard InChI is InChI=1S/C14H18N4O2/c1-3-20-14(19)12-13(15)18(10(2)17-12)9-7-11-6-4-5-8-16-11/h4-6,8H,3,7,9,15H2,1-2H3. The molecule has 2 aromatic rings. The first-order chi connectivity index (χ1) is 9.63. The smallest absolute Gasteiger partial charge is 0.360 e. The SMILES string of the molecule is CCOC(=O)c1nc(C)n(CCc2ccccn2)c1N. The van der Waals surface area contributed by atoms with Gasteiger partial charge in [-0.3, -0.25) is 4.98 Å². The van der Waals surface area contributed by atoms with Crippen molar-refractivity contribution in [3.05, 3.63) is 41.6 Å². The van der Waals surface area contributed by atoms with E-state index >= 15 is 0 Å². The number of nitrogens with zero attached hydrogens (tertiary/aromatic N) is 3.